The van der Waals surface area contributed by atoms with E-state index in [1.54, 1.807) is 17.3 Å². The van der Waals surface area contributed by atoms with Gasteiger partial charge in [0.1, 0.15) is 24.0 Å². The second kappa shape index (κ2) is 5.46. The quantitative estimate of drug-likeness (QED) is 0.799. The van der Waals surface area contributed by atoms with Gasteiger partial charge in [0, 0.05) is 5.92 Å². The number of aromatic nitrogens is 3. The van der Waals surface area contributed by atoms with Crippen LogP contribution in [0.4, 0.5) is 0 Å². The summed E-state index contributed by atoms with van der Waals surface area (Å²) in [5.41, 5.74) is -0.969. The predicted octanol–water partition coefficient (Wildman–Crippen LogP) is 2.96. The minimum Gasteiger partial charge on any atom is -0.469 e. The molecule has 0 aromatic carbocycles. The lowest BCUT2D eigenvalue weighted by Crippen LogP contribution is -2.45. The van der Waals surface area contributed by atoms with Crippen molar-refractivity contribution in [1.82, 2.24) is 14.8 Å². The first-order valence-electron chi connectivity index (χ1n) is 7.30. The van der Waals surface area contributed by atoms with E-state index < -0.39 is 10.5 Å². The lowest BCUT2D eigenvalue weighted by atomic mass is 9.87. The predicted molar refractivity (Wildman–Crippen MR) is 79.1 cm³/mol. The fourth-order valence-electron chi connectivity index (χ4n) is 2.77. The Labute approximate surface area is 128 Å². The molecule has 2 aromatic heterocycles. The lowest BCUT2D eigenvalue weighted by Gasteiger charge is -2.33. The maximum Gasteiger partial charge on any atom is 0.137 e. The molecular weight excluding hydrogens is 290 g/mol. The van der Waals surface area contributed by atoms with Crippen molar-refractivity contribution < 1.29 is 9.52 Å². The Morgan fingerprint density at radius 2 is 2.38 bits per heavy atom. The van der Waals surface area contributed by atoms with E-state index in [1.165, 1.54) is 6.33 Å². The summed E-state index contributed by atoms with van der Waals surface area (Å²) in [6, 6.07) is 3.85. The van der Waals surface area contributed by atoms with Gasteiger partial charge in [-0.05, 0) is 37.8 Å². The van der Waals surface area contributed by atoms with Crippen LogP contribution < -0.4 is 0 Å². The highest BCUT2D eigenvalue weighted by molar-refractivity contribution is 6.26. The highest BCUT2D eigenvalue weighted by Crippen LogP contribution is 2.53. The minimum absolute atomic E-state index is 0.251. The van der Waals surface area contributed by atoms with Gasteiger partial charge in [-0.3, -0.25) is 4.68 Å². The number of nitrogens with zero attached hydrogens (tertiary/aromatic N) is 3. The summed E-state index contributed by atoms with van der Waals surface area (Å²) >= 11 is 6.54. The fraction of sp³-hybridized carbons (Fsp3) is 0.600. The first-order chi connectivity index (χ1) is 10.0. The van der Waals surface area contributed by atoms with Gasteiger partial charge in [0.2, 0.25) is 0 Å². The molecule has 2 aromatic rings. The molecule has 21 heavy (non-hydrogen) atoms. The van der Waals surface area contributed by atoms with E-state index >= 15 is 0 Å². The Balaban J connectivity index is 1.68. The average molecular weight is 310 g/mol. The van der Waals surface area contributed by atoms with Gasteiger partial charge in [-0.1, -0.05) is 6.92 Å². The van der Waals surface area contributed by atoms with Crippen LogP contribution in [0.15, 0.2) is 35.5 Å². The molecule has 2 heterocycles. The molecule has 5 nitrogen and oxygen atoms in total. The zero-order chi connectivity index (χ0) is 14.9. The second-order valence-electron chi connectivity index (χ2n) is 6.05. The average Bonchev–Trinajstić information content (AvgIpc) is 2.92. The molecule has 1 aliphatic carbocycles. The molecule has 114 valence electrons. The number of halogens is 1. The van der Waals surface area contributed by atoms with Gasteiger partial charge in [-0.15, -0.1) is 11.6 Å². The summed E-state index contributed by atoms with van der Waals surface area (Å²) < 4.78 is 7.08. The van der Waals surface area contributed by atoms with Crippen LogP contribution in [0.3, 0.4) is 0 Å². The highest BCUT2D eigenvalue weighted by atomic mass is 35.5. The van der Waals surface area contributed by atoms with Gasteiger partial charge < -0.3 is 9.52 Å². The molecule has 2 atom stereocenters. The number of alkyl halides is 1. The van der Waals surface area contributed by atoms with Crippen LogP contribution in [0.5, 0.6) is 0 Å². The van der Waals surface area contributed by atoms with E-state index in [9.17, 15) is 5.11 Å². The smallest absolute Gasteiger partial charge is 0.137 e. The van der Waals surface area contributed by atoms with Crippen LogP contribution in [0.1, 0.15) is 44.3 Å². The third-order valence-electron chi connectivity index (χ3n) is 4.43. The van der Waals surface area contributed by atoms with Crippen molar-refractivity contribution in [3.63, 3.8) is 0 Å². The molecule has 6 heteroatoms. The van der Waals surface area contributed by atoms with Gasteiger partial charge in [-0.2, -0.15) is 5.10 Å². The van der Waals surface area contributed by atoms with Gasteiger partial charge in [-0.25, -0.2) is 4.98 Å². The Bertz CT molecular complexity index is 566. The third kappa shape index (κ3) is 2.99. The molecule has 0 radical (unpaired) electrons. The minimum atomic E-state index is -0.969. The summed E-state index contributed by atoms with van der Waals surface area (Å²) in [6.07, 6.45) is 7.87. The van der Waals surface area contributed by atoms with Crippen LogP contribution in [0, 0.1) is 0 Å². The first-order valence-corrected chi connectivity index (χ1v) is 7.67. The molecule has 1 aliphatic rings. The van der Waals surface area contributed by atoms with Gasteiger partial charge >= 0.3 is 0 Å². The molecule has 0 bridgehead atoms. The normalized spacial score (nSPS) is 20.9. The monoisotopic (exact) mass is 309 g/mol. The topological polar surface area (TPSA) is 64.1 Å². The van der Waals surface area contributed by atoms with Crippen LogP contribution in [0.25, 0.3) is 0 Å². The Kier molecular flexibility index (Phi) is 3.80. The number of hydrogen-bond acceptors (Lipinski definition) is 4. The zero-order valence-electron chi connectivity index (χ0n) is 12.1. The highest BCUT2D eigenvalue weighted by Gasteiger charge is 2.57. The van der Waals surface area contributed by atoms with Gasteiger partial charge in [0.15, 0.2) is 0 Å². The van der Waals surface area contributed by atoms with E-state index in [2.05, 4.69) is 17.0 Å². The molecule has 1 fully saturated rings. The van der Waals surface area contributed by atoms with E-state index in [1.807, 2.05) is 12.1 Å². The van der Waals surface area contributed by atoms with Crippen molar-refractivity contribution in [3.8, 4) is 0 Å². The summed E-state index contributed by atoms with van der Waals surface area (Å²) in [6.45, 7) is 2.48. The molecule has 1 N–H and O–H groups in total. The number of furan rings is 1. The third-order valence-corrected chi connectivity index (χ3v) is 5.16. The maximum atomic E-state index is 11.1. The molecule has 3 rings (SSSR count). The molecule has 2 unspecified atom stereocenters. The number of hydrogen-bond donors (Lipinski definition) is 1. The molecule has 1 saturated carbocycles. The standard InChI is InChI=1S/C15H20ClN3O2/c1-12(13-3-2-8-21-13)4-5-15(20,14(16)6-7-14)9-19-11-17-10-18-19/h2-3,8,10-12,20H,4-7,9H2,1H3. The zero-order valence-corrected chi connectivity index (χ0v) is 12.8. The summed E-state index contributed by atoms with van der Waals surface area (Å²) in [5.74, 6) is 1.19. The van der Waals surface area contributed by atoms with Crippen LogP contribution in [0.2, 0.25) is 0 Å². The van der Waals surface area contributed by atoms with Crippen molar-refractivity contribution in [2.24, 2.45) is 0 Å². The maximum absolute atomic E-state index is 11.1. The second-order valence-corrected chi connectivity index (χ2v) is 6.77. The van der Waals surface area contributed by atoms with Gasteiger partial charge in [0.05, 0.1) is 17.7 Å². The Hall–Kier alpha value is -1.33. The SMILES string of the molecule is CC(CCC(O)(Cn1cncn1)C1(Cl)CC1)c1ccco1. The van der Waals surface area contributed by atoms with E-state index in [4.69, 9.17) is 16.0 Å². The molecular formula is C15H20ClN3O2. The lowest BCUT2D eigenvalue weighted by molar-refractivity contribution is -0.00406. The van der Waals surface area contributed by atoms with Crippen molar-refractivity contribution in [2.75, 3.05) is 0 Å². The number of rotatable bonds is 7. The Morgan fingerprint density at radius 3 is 2.95 bits per heavy atom. The molecule has 0 spiro atoms. The number of aliphatic hydroxyl groups is 1. The first kappa shape index (κ1) is 14.6. The van der Waals surface area contributed by atoms with Crippen LogP contribution >= 0.6 is 11.6 Å². The Morgan fingerprint density at radius 1 is 1.57 bits per heavy atom. The van der Waals surface area contributed by atoms with Crippen molar-refractivity contribution in [1.29, 1.82) is 0 Å². The van der Waals surface area contributed by atoms with E-state index in [0.717, 1.165) is 25.0 Å². The van der Waals surface area contributed by atoms with Crippen molar-refractivity contribution in [3.05, 3.63) is 36.8 Å². The molecule has 0 amide bonds. The van der Waals surface area contributed by atoms with Crippen LogP contribution in [-0.2, 0) is 6.54 Å². The summed E-state index contributed by atoms with van der Waals surface area (Å²) in [4.78, 5) is 3.40. The summed E-state index contributed by atoms with van der Waals surface area (Å²) in [5, 5.41) is 15.2. The van der Waals surface area contributed by atoms with Crippen molar-refractivity contribution >= 4 is 11.6 Å². The van der Waals surface area contributed by atoms with Crippen LogP contribution in [-0.4, -0.2) is 30.3 Å². The molecule has 0 saturated heterocycles. The van der Waals surface area contributed by atoms with Gasteiger partial charge in [0.25, 0.3) is 0 Å². The molecule has 0 aliphatic heterocycles. The fourth-order valence-corrected chi connectivity index (χ4v) is 3.02. The van der Waals surface area contributed by atoms with Crippen molar-refractivity contribution in [2.45, 2.75) is 55.5 Å². The largest absolute Gasteiger partial charge is 0.469 e. The van der Waals surface area contributed by atoms with E-state index in [0.29, 0.717) is 13.0 Å². The summed E-state index contributed by atoms with van der Waals surface area (Å²) in [7, 11) is 0. The van der Waals surface area contributed by atoms with E-state index in [-0.39, 0.29) is 5.92 Å².